The highest BCUT2D eigenvalue weighted by atomic mass is 127. The summed E-state index contributed by atoms with van der Waals surface area (Å²) in [6.45, 7) is 2.02. The molecule has 0 atom stereocenters. The average molecular weight is 315 g/mol. The van der Waals surface area contributed by atoms with E-state index in [2.05, 4.69) is 10.1 Å². The van der Waals surface area contributed by atoms with Gasteiger partial charge in [-0.25, -0.2) is 13.4 Å². The van der Waals surface area contributed by atoms with Gasteiger partial charge in [0.15, 0.2) is 9.84 Å². The van der Waals surface area contributed by atoms with Crippen molar-refractivity contribution in [3.63, 3.8) is 0 Å². The molecule has 7 heteroatoms. The highest BCUT2D eigenvalue weighted by Gasteiger charge is 2.07. The van der Waals surface area contributed by atoms with Gasteiger partial charge in [-0.15, -0.1) is 5.10 Å². The van der Waals surface area contributed by atoms with Gasteiger partial charge in [-0.2, -0.15) is 0 Å². The molecule has 0 aliphatic heterocycles. The summed E-state index contributed by atoms with van der Waals surface area (Å²) < 4.78 is 24.4. The maximum Gasteiger partial charge on any atom is 0.211 e. The van der Waals surface area contributed by atoms with E-state index in [1.807, 2.05) is 22.6 Å². The Morgan fingerprint density at radius 1 is 1.62 bits per heavy atom. The fourth-order valence-electron chi connectivity index (χ4n) is 0.757. The molecule has 0 N–H and O–H groups in total. The molecule has 74 valence electrons. The Morgan fingerprint density at radius 3 is 2.77 bits per heavy atom. The monoisotopic (exact) mass is 315 g/mol. The largest absolute Gasteiger partial charge is 0.251 e. The minimum Gasteiger partial charge on any atom is -0.251 e. The fraction of sp³-hybridized carbons (Fsp3) is 0.667. The number of hydrogen-bond donors (Lipinski definition) is 0. The molecule has 0 amide bonds. The van der Waals surface area contributed by atoms with Gasteiger partial charge in [0.25, 0.3) is 0 Å². The molecular formula is C6H10IN3O2S. The summed E-state index contributed by atoms with van der Waals surface area (Å²) in [6, 6.07) is 0. The second-order valence-corrected chi connectivity index (χ2v) is 5.95. The lowest BCUT2D eigenvalue weighted by Crippen LogP contribution is -2.14. The minimum atomic E-state index is -2.90. The molecule has 0 aliphatic rings. The first-order chi connectivity index (χ1) is 6.03. The number of aryl methyl sites for hydroxylation is 1. The van der Waals surface area contributed by atoms with Gasteiger partial charge in [0.1, 0.15) is 6.33 Å². The molecule has 1 aromatic heterocycles. The zero-order valence-electron chi connectivity index (χ0n) is 7.14. The van der Waals surface area contributed by atoms with Crippen LogP contribution in [-0.4, -0.2) is 34.7 Å². The van der Waals surface area contributed by atoms with E-state index in [9.17, 15) is 8.42 Å². The van der Waals surface area contributed by atoms with E-state index in [4.69, 9.17) is 0 Å². The van der Waals surface area contributed by atoms with Crippen LogP contribution in [0.3, 0.4) is 0 Å². The molecule has 0 saturated carbocycles. The molecule has 0 aromatic carbocycles. The first kappa shape index (κ1) is 10.9. The molecule has 1 rings (SSSR count). The zero-order valence-corrected chi connectivity index (χ0v) is 10.1. The molecule has 0 radical (unpaired) electrons. The number of rotatable bonds is 4. The van der Waals surface area contributed by atoms with Crippen LogP contribution in [-0.2, 0) is 16.4 Å². The highest BCUT2D eigenvalue weighted by molar-refractivity contribution is 14.1. The lowest BCUT2D eigenvalue weighted by Gasteiger charge is -1.99. The quantitative estimate of drug-likeness (QED) is 0.751. The van der Waals surface area contributed by atoms with E-state index < -0.39 is 9.84 Å². The van der Waals surface area contributed by atoms with E-state index in [0.29, 0.717) is 10.4 Å². The number of hydrogen-bond acceptors (Lipinski definition) is 4. The number of sulfone groups is 1. The predicted octanol–water partition coefficient (Wildman–Crippen LogP) is 0.317. The first-order valence-electron chi connectivity index (χ1n) is 3.79. The van der Waals surface area contributed by atoms with Gasteiger partial charge in [-0.3, -0.25) is 4.68 Å². The lowest BCUT2D eigenvalue weighted by molar-refractivity contribution is 0.581. The van der Waals surface area contributed by atoms with Crippen molar-refractivity contribution in [2.75, 3.05) is 11.5 Å². The van der Waals surface area contributed by atoms with Crippen LogP contribution >= 0.6 is 22.6 Å². The second-order valence-electron chi connectivity index (χ2n) is 2.51. The van der Waals surface area contributed by atoms with Gasteiger partial charge in [0.2, 0.25) is 3.83 Å². The summed E-state index contributed by atoms with van der Waals surface area (Å²) in [5, 5.41) is 3.98. The van der Waals surface area contributed by atoms with E-state index in [1.54, 1.807) is 6.92 Å². The first-order valence-corrected chi connectivity index (χ1v) is 6.69. The molecule has 13 heavy (non-hydrogen) atoms. The van der Waals surface area contributed by atoms with Crippen LogP contribution in [0.1, 0.15) is 6.92 Å². The van der Waals surface area contributed by atoms with Gasteiger partial charge in [0.05, 0.1) is 12.3 Å². The molecule has 0 bridgehead atoms. The fourth-order valence-corrected chi connectivity index (χ4v) is 1.91. The van der Waals surface area contributed by atoms with Crippen molar-refractivity contribution in [2.24, 2.45) is 0 Å². The van der Waals surface area contributed by atoms with E-state index in [0.717, 1.165) is 0 Å². The summed E-state index contributed by atoms with van der Waals surface area (Å²) in [5.74, 6) is 0.307. The van der Waals surface area contributed by atoms with Gasteiger partial charge in [-0.05, 0) is 0 Å². The summed E-state index contributed by atoms with van der Waals surface area (Å²) in [6.07, 6.45) is 1.53. The average Bonchev–Trinajstić information content (AvgIpc) is 2.48. The van der Waals surface area contributed by atoms with Crippen molar-refractivity contribution < 1.29 is 8.42 Å². The Labute approximate surface area is 90.6 Å². The summed E-state index contributed by atoms with van der Waals surface area (Å²) in [7, 11) is -2.90. The van der Waals surface area contributed by atoms with E-state index in [-0.39, 0.29) is 11.5 Å². The third kappa shape index (κ3) is 3.59. The topological polar surface area (TPSA) is 64.8 Å². The van der Waals surface area contributed by atoms with E-state index >= 15 is 0 Å². The van der Waals surface area contributed by atoms with Crippen LogP contribution in [0.5, 0.6) is 0 Å². The summed E-state index contributed by atoms with van der Waals surface area (Å²) >= 11 is 1.98. The van der Waals surface area contributed by atoms with Crippen molar-refractivity contribution in [1.82, 2.24) is 14.8 Å². The summed E-state index contributed by atoms with van der Waals surface area (Å²) in [5.41, 5.74) is 0. The smallest absolute Gasteiger partial charge is 0.211 e. The molecule has 0 unspecified atom stereocenters. The Bertz CT molecular complexity index is 373. The number of nitrogens with zero attached hydrogens (tertiary/aromatic N) is 3. The van der Waals surface area contributed by atoms with Crippen molar-refractivity contribution in [1.29, 1.82) is 0 Å². The molecule has 0 aliphatic carbocycles. The van der Waals surface area contributed by atoms with Crippen LogP contribution in [0.25, 0.3) is 0 Å². The molecule has 1 aromatic rings. The van der Waals surface area contributed by atoms with Crippen molar-refractivity contribution in [3.8, 4) is 0 Å². The molecule has 5 nitrogen and oxygen atoms in total. The SMILES string of the molecule is CCS(=O)(=O)CCn1cnc(I)n1. The highest BCUT2D eigenvalue weighted by Crippen LogP contribution is 1.96. The van der Waals surface area contributed by atoms with Crippen LogP contribution in [0.2, 0.25) is 0 Å². The van der Waals surface area contributed by atoms with Crippen LogP contribution in [0.4, 0.5) is 0 Å². The maximum atomic E-state index is 11.1. The van der Waals surface area contributed by atoms with Crippen LogP contribution in [0.15, 0.2) is 6.33 Å². The molecular weight excluding hydrogens is 305 g/mol. The van der Waals surface area contributed by atoms with Crippen LogP contribution < -0.4 is 0 Å². The van der Waals surface area contributed by atoms with Crippen molar-refractivity contribution in [2.45, 2.75) is 13.5 Å². The van der Waals surface area contributed by atoms with Gasteiger partial charge < -0.3 is 0 Å². The van der Waals surface area contributed by atoms with E-state index in [1.165, 1.54) is 11.0 Å². The standard InChI is InChI=1S/C6H10IN3O2S/c1-2-13(11,12)4-3-10-5-8-6(7)9-10/h5H,2-4H2,1H3. The van der Waals surface area contributed by atoms with Crippen LogP contribution in [0, 0.1) is 3.83 Å². The van der Waals surface area contributed by atoms with Crippen molar-refractivity contribution >= 4 is 32.4 Å². The second kappa shape index (κ2) is 4.36. The lowest BCUT2D eigenvalue weighted by atomic mass is 10.8. The third-order valence-corrected chi connectivity index (χ3v) is 3.76. The Balaban J connectivity index is 2.53. The predicted molar refractivity (Wildman–Crippen MR) is 57.1 cm³/mol. The maximum absolute atomic E-state index is 11.1. The van der Waals surface area contributed by atoms with Gasteiger partial charge in [-0.1, -0.05) is 6.92 Å². The third-order valence-electron chi connectivity index (χ3n) is 1.58. The molecule has 0 spiro atoms. The molecule has 0 fully saturated rings. The minimum absolute atomic E-state index is 0.128. The summed E-state index contributed by atoms with van der Waals surface area (Å²) in [4.78, 5) is 3.89. The normalized spacial score (nSPS) is 11.8. The van der Waals surface area contributed by atoms with Crippen molar-refractivity contribution in [3.05, 3.63) is 10.2 Å². The molecule has 0 saturated heterocycles. The molecule has 1 heterocycles. The Hall–Kier alpha value is -0.180. The van der Waals surface area contributed by atoms with Gasteiger partial charge in [0, 0.05) is 28.3 Å². The van der Waals surface area contributed by atoms with Gasteiger partial charge >= 0.3 is 0 Å². The number of halogens is 1. The number of aromatic nitrogens is 3. The zero-order chi connectivity index (χ0) is 9.90. The Kier molecular flexibility index (Phi) is 3.65. The Morgan fingerprint density at radius 2 is 2.31 bits per heavy atom.